The third-order valence-electron chi connectivity index (χ3n) is 0.463. The quantitative estimate of drug-likeness (QED) is 0.206. The summed E-state index contributed by atoms with van der Waals surface area (Å²) in [5.41, 5.74) is 0.127. The SMILES string of the molecule is [CH2-]C#CC(C)(C)C.[Li+]. The molecule has 0 aromatic heterocycles. The van der Waals surface area contributed by atoms with Gasteiger partial charge >= 0.3 is 18.9 Å². The Hall–Kier alpha value is 0.0274. The smallest absolute Gasteiger partial charge is 0.322 e. The van der Waals surface area contributed by atoms with Gasteiger partial charge in [-0.3, -0.25) is 5.92 Å². The summed E-state index contributed by atoms with van der Waals surface area (Å²) in [6, 6.07) is 0. The summed E-state index contributed by atoms with van der Waals surface area (Å²) in [5, 5.41) is 0. The summed E-state index contributed by atoms with van der Waals surface area (Å²) in [7, 11) is 0. The maximum atomic E-state index is 3.41. The summed E-state index contributed by atoms with van der Waals surface area (Å²) < 4.78 is 0. The first-order valence-corrected chi connectivity index (χ1v) is 2.35. The molecule has 40 valence electrons. The fraction of sp³-hybridized carbons (Fsp3) is 0.571. The van der Waals surface area contributed by atoms with Crippen LogP contribution in [0.4, 0.5) is 0 Å². The fourth-order valence-electron chi connectivity index (χ4n) is 0.265. The minimum Gasteiger partial charge on any atom is -0.322 e. The van der Waals surface area contributed by atoms with Gasteiger partial charge in [0.05, 0.1) is 0 Å². The van der Waals surface area contributed by atoms with Crippen molar-refractivity contribution >= 4 is 0 Å². The molecule has 0 amide bonds. The van der Waals surface area contributed by atoms with Crippen molar-refractivity contribution in [3.63, 3.8) is 0 Å². The van der Waals surface area contributed by atoms with Gasteiger partial charge in [-0.25, -0.2) is 0 Å². The second-order valence-corrected chi connectivity index (χ2v) is 2.55. The predicted octanol–water partition coefficient (Wildman–Crippen LogP) is -1.13. The van der Waals surface area contributed by atoms with E-state index in [9.17, 15) is 0 Å². The van der Waals surface area contributed by atoms with Gasteiger partial charge in [-0.1, -0.05) is 26.2 Å². The Morgan fingerprint density at radius 2 is 1.62 bits per heavy atom. The van der Waals surface area contributed by atoms with E-state index in [1.165, 1.54) is 0 Å². The standard InChI is InChI=1S/C7H11.Li/c1-5-6-7(2,3)4;/h1H2,2-4H3;/q-1;+1. The molecule has 0 aromatic carbocycles. The molecule has 0 fully saturated rings. The molecule has 0 aromatic rings. The van der Waals surface area contributed by atoms with E-state index in [1.807, 2.05) is 0 Å². The van der Waals surface area contributed by atoms with Gasteiger partial charge in [0.15, 0.2) is 0 Å². The Balaban J connectivity index is 0. The van der Waals surface area contributed by atoms with Gasteiger partial charge in [0.25, 0.3) is 0 Å². The zero-order valence-corrected chi connectivity index (χ0v) is 6.21. The third kappa shape index (κ3) is 9.39. The van der Waals surface area contributed by atoms with Crippen molar-refractivity contribution in [2.24, 2.45) is 5.41 Å². The van der Waals surface area contributed by atoms with E-state index in [-0.39, 0.29) is 24.3 Å². The molecule has 0 aliphatic carbocycles. The first-order valence-electron chi connectivity index (χ1n) is 2.35. The molecule has 0 aliphatic rings. The van der Waals surface area contributed by atoms with E-state index in [4.69, 9.17) is 0 Å². The van der Waals surface area contributed by atoms with E-state index >= 15 is 0 Å². The van der Waals surface area contributed by atoms with Gasteiger partial charge in [-0.2, -0.15) is 6.92 Å². The molecule has 1 heteroatoms. The van der Waals surface area contributed by atoms with E-state index in [0.717, 1.165) is 0 Å². The molecule has 0 saturated carbocycles. The Morgan fingerprint density at radius 1 is 1.25 bits per heavy atom. The largest absolute Gasteiger partial charge is 1.00 e. The van der Waals surface area contributed by atoms with Crippen molar-refractivity contribution in [2.75, 3.05) is 0 Å². The van der Waals surface area contributed by atoms with Gasteiger partial charge in [0, 0.05) is 0 Å². The van der Waals surface area contributed by atoms with Gasteiger partial charge in [-0.05, 0) is 0 Å². The van der Waals surface area contributed by atoms with Crippen molar-refractivity contribution in [3.05, 3.63) is 6.92 Å². The molecule has 0 nitrogen and oxygen atoms in total. The molecule has 0 heterocycles. The maximum Gasteiger partial charge on any atom is 1.00 e. The van der Waals surface area contributed by atoms with Gasteiger partial charge < -0.3 is 5.92 Å². The van der Waals surface area contributed by atoms with Crippen molar-refractivity contribution in [3.8, 4) is 11.8 Å². The van der Waals surface area contributed by atoms with Crippen molar-refractivity contribution in [2.45, 2.75) is 20.8 Å². The van der Waals surface area contributed by atoms with E-state index in [0.29, 0.717) is 0 Å². The molecule has 8 heavy (non-hydrogen) atoms. The summed E-state index contributed by atoms with van der Waals surface area (Å²) in [4.78, 5) is 0. The molecule has 0 unspecified atom stereocenters. The third-order valence-corrected chi connectivity index (χ3v) is 0.463. The summed E-state index contributed by atoms with van der Waals surface area (Å²) in [6.45, 7) is 9.59. The van der Waals surface area contributed by atoms with Gasteiger partial charge in [-0.15, -0.1) is 0 Å². The maximum absolute atomic E-state index is 3.41. The van der Waals surface area contributed by atoms with Crippen LogP contribution in [0.25, 0.3) is 0 Å². The normalized spacial score (nSPS) is 8.38. The minimum atomic E-state index is 0. The molecule has 0 aliphatic heterocycles. The molecule has 0 bridgehead atoms. The summed E-state index contributed by atoms with van der Waals surface area (Å²) in [6.07, 6.45) is 0. The van der Waals surface area contributed by atoms with Crippen LogP contribution in [-0.2, 0) is 0 Å². The van der Waals surface area contributed by atoms with Crippen LogP contribution in [0.15, 0.2) is 0 Å². The summed E-state index contributed by atoms with van der Waals surface area (Å²) in [5.74, 6) is 5.53. The second-order valence-electron chi connectivity index (χ2n) is 2.55. The second kappa shape index (κ2) is 3.96. The Labute approximate surface area is 64.2 Å². The average molecular weight is 102 g/mol. The van der Waals surface area contributed by atoms with Crippen LogP contribution in [-0.4, -0.2) is 0 Å². The Bertz CT molecular complexity index is 97.8. The first kappa shape index (κ1) is 10.9. The number of hydrogen-bond donors (Lipinski definition) is 0. The zero-order chi connectivity index (χ0) is 5.91. The fourth-order valence-corrected chi connectivity index (χ4v) is 0.265. The predicted molar refractivity (Wildman–Crippen MR) is 32.6 cm³/mol. The van der Waals surface area contributed by atoms with Crippen LogP contribution in [0.5, 0.6) is 0 Å². The van der Waals surface area contributed by atoms with Crippen LogP contribution in [0.1, 0.15) is 20.8 Å². The van der Waals surface area contributed by atoms with E-state index in [2.05, 4.69) is 39.5 Å². The average Bonchev–Trinajstić information content (AvgIpc) is 1.30. The van der Waals surface area contributed by atoms with E-state index < -0.39 is 0 Å². The minimum absolute atomic E-state index is 0. The number of hydrogen-bond acceptors (Lipinski definition) is 0. The monoisotopic (exact) mass is 102 g/mol. The van der Waals surface area contributed by atoms with Crippen LogP contribution < -0.4 is 18.9 Å². The van der Waals surface area contributed by atoms with Crippen LogP contribution in [0.2, 0.25) is 0 Å². The first-order chi connectivity index (χ1) is 3.06. The van der Waals surface area contributed by atoms with Crippen molar-refractivity contribution < 1.29 is 18.9 Å². The van der Waals surface area contributed by atoms with Crippen LogP contribution in [0, 0.1) is 24.2 Å². The van der Waals surface area contributed by atoms with Crippen molar-refractivity contribution in [1.29, 1.82) is 0 Å². The van der Waals surface area contributed by atoms with Crippen LogP contribution in [0.3, 0.4) is 0 Å². The number of rotatable bonds is 0. The molecule has 0 atom stereocenters. The van der Waals surface area contributed by atoms with E-state index in [1.54, 1.807) is 0 Å². The molecular formula is C7H11Li. The van der Waals surface area contributed by atoms with Crippen molar-refractivity contribution in [1.82, 2.24) is 0 Å². The molecule has 0 spiro atoms. The molecule has 0 saturated heterocycles. The Kier molecular flexibility index (Phi) is 5.40. The van der Waals surface area contributed by atoms with Gasteiger partial charge in [0.1, 0.15) is 0 Å². The molecule has 0 N–H and O–H groups in total. The molecule has 0 rings (SSSR count). The molecular weight excluding hydrogens is 91.0 g/mol. The Morgan fingerprint density at radius 3 is 1.62 bits per heavy atom. The van der Waals surface area contributed by atoms with Gasteiger partial charge in [0.2, 0.25) is 0 Å². The molecule has 0 radical (unpaired) electrons. The topological polar surface area (TPSA) is 0 Å². The van der Waals surface area contributed by atoms with Crippen LogP contribution >= 0.6 is 0 Å². The summed E-state index contributed by atoms with van der Waals surface area (Å²) >= 11 is 0. The zero-order valence-electron chi connectivity index (χ0n) is 6.21.